The zero-order valence-corrected chi connectivity index (χ0v) is 12.5. The minimum atomic E-state index is -0.300. The molecule has 22 heavy (non-hydrogen) atoms. The smallest absolute Gasteiger partial charge is 0.180 e. The highest BCUT2D eigenvalue weighted by Crippen LogP contribution is 2.38. The van der Waals surface area contributed by atoms with E-state index >= 15 is 0 Å². The molecule has 0 N–H and O–H groups in total. The third-order valence-corrected chi connectivity index (χ3v) is 4.59. The fraction of sp³-hybridized carbons (Fsp3) is 0.333. The number of pyridine rings is 1. The average molecular weight is 296 g/mol. The topological polar surface area (TPSA) is 34.5 Å². The van der Waals surface area contributed by atoms with Crippen LogP contribution in [0.25, 0.3) is 11.1 Å². The molecule has 1 aromatic carbocycles. The van der Waals surface area contributed by atoms with Crippen molar-refractivity contribution in [3.05, 3.63) is 53.6 Å². The van der Waals surface area contributed by atoms with Crippen molar-refractivity contribution in [1.29, 1.82) is 0 Å². The molecule has 0 saturated carbocycles. The van der Waals surface area contributed by atoms with Crippen molar-refractivity contribution in [3.63, 3.8) is 0 Å². The lowest BCUT2D eigenvalue weighted by Crippen LogP contribution is -2.39. The summed E-state index contributed by atoms with van der Waals surface area (Å²) in [5.74, 6) is 0.486. The molecule has 112 valence electrons. The molecule has 0 fully saturated rings. The van der Waals surface area contributed by atoms with Gasteiger partial charge in [0.15, 0.2) is 5.90 Å². The number of benzene rings is 1. The molecule has 0 radical (unpaired) electrons. The first kappa shape index (κ1) is 13.4. The Kier molecular flexibility index (Phi) is 2.99. The molecule has 0 saturated heterocycles. The van der Waals surface area contributed by atoms with Crippen molar-refractivity contribution in [2.75, 3.05) is 6.54 Å². The summed E-state index contributed by atoms with van der Waals surface area (Å²) in [5.41, 5.74) is 4.31. The summed E-state index contributed by atoms with van der Waals surface area (Å²) in [5, 5.41) is 0. The Labute approximate surface area is 128 Å². The Balaban J connectivity index is 1.73. The van der Waals surface area contributed by atoms with Crippen LogP contribution < -0.4 is 0 Å². The van der Waals surface area contributed by atoms with Gasteiger partial charge in [0, 0.05) is 25.1 Å². The third kappa shape index (κ3) is 2.19. The van der Waals surface area contributed by atoms with E-state index in [9.17, 15) is 4.39 Å². The predicted molar refractivity (Wildman–Crippen MR) is 83.4 cm³/mol. The number of fused-ring (bicyclic) bond motifs is 1. The molecule has 1 aliphatic carbocycles. The van der Waals surface area contributed by atoms with Gasteiger partial charge in [0.1, 0.15) is 11.4 Å². The molecule has 1 unspecified atom stereocenters. The van der Waals surface area contributed by atoms with Crippen LogP contribution in [0.3, 0.4) is 0 Å². The minimum Gasteiger partial charge on any atom is -0.472 e. The van der Waals surface area contributed by atoms with Crippen LogP contribution in [0.5, 0.6) is 0 Å². The molecule has 4 rings (SSSR count). The number of hydrogen-bond donors (Lipinski definition) is 0. The molecule has 4 heteroatoms. The van der Waals surface area contributed by atoms with E-state index in [-0.39, 0.29) is 11.4 Å². The average Bonchev–Trinajstić information content (AvgIpc) is 2.87. The van der Waals surface area contributed by atoms with Gasteiger partial charge in [-0.3, -0.25) is 9.98 Å². The molecule has 0 bridgehead atoms. The van der Waals surface area contributed by atoms with Gasteiger partial charge in [-0.05, 0) is 35.6 Å². The number of aliphatic imine (C=N–C) groups is 1. The van der Waals surface area contributed by atoms with Gasteiger partial charge in [-0.1, -0.05) is 18.2 Å². The molecule has 1 aliphatic heterocycles. The van der Waals surface area contributed by atoms with Crippen LogP contribution in [0.2, 0.25) is 0 Å². The Hall–Kier alpha value is -2.23. The number of aromatic nitrogens is 1. The summed E-state index contributed by atoms with van der Waals surface area (Å²) >= 11 is 0. The standard InChI is InChI=1S/C18H17FN2O/c1-12-21-11-18(22-12)6-5-17-13(8-18)3-2-4-16(17)14-7-15(19)10-20-9-14/h2-4,7,9-10H,5-6,8,11H2,1H3. The first-order chi connectivity index (χ1) is 10.7. The summed E-state index contributed by atoms with van der Waals surface area (Å²) in [7, 11) is 0. The van der Waals surface area contributed by atoms with Crippen molar-refractivity contribution in [1.82, 2.24) is 4.98 Å². The van der Waals surface area contributed by atoms with Crippen molar-refractivity contribution in [3.8, 4) is 11.1 Å². The summed E-state index contributed by atoms with van der Waals surface area (Å²) in [6.07, 6.45) is 5.69. The van der Waals surface area contributed by atoms with Gasteiger partial charge in [-0.2, -0.15) is 0 Å². The van der Waals surface area contributed by atoms with Crippen LogP contribution in [-0.2, 0) is 17.6 Å². The Morgan fingerprint density at radius 2 is 2.18 bits per heavy atom. The maximum Gasteiger partial charge on any atom is 0.180 e. The highest BCUT2D eigenvalue weighted by molar-refractivity contribution is 5.76. The SMILES string of the molecule is CC1=NCC2(CCc3c(cccc3-c3cncc(F)c3)C2)O1. The molecule has 3 nitrogen and oxygen atoms in total. The maximum absolute atomic E-state index is 13.5. The van der Waals surface area contributed by atoms with Gasteiger partial charge in [-0.25, -0.2) is 4.39 Å². The lowest BCUT2D eigenvalue weighted by molar-refractivity contribution is 0.0713. The largest absolute Gasteiger partial charge is 0.472 e. The quantitative estimate of drug-likeness (QED) is 0.806. The number of halogens is 1. The van der Waals surface area contributed by atoms with E-state index in [0.717, 1.165) is 42.8 Å². The molecular formula is C18H17FN2O. The normalized spacial score (nSPS) is 23.1. The maximum atomic E-state index is 13.5. The number of rotatable bonds is 1. The van der Waals surface area contributed by atoms with Gasteiger partial charge in [0.25, 0.3) is 0 Å². The molecular weight excluding hydrogens is 279 g/mol. The second-order valence-electron chi connectivity index (χ2n) is 6.13. The first-order valence-corrected chi connectivity index (χ1v) is 7.57. The van der Waals surface area contributed by atoms with Crippen molar-refractivity contribution < 1.29 is 9.13 Å². The van der Waals surface area contributed by atoms with Crippen LogP contribution in [0.15, 0.2) is 41.7 Å². The molecule has 2 aromatic rings. The van der Waals surface area contributed by atoms with E-state index in [1.165, 1.54) is 17.3 Å². The molecule has 1 spiro atoms. The van der Waals surface area contributed by atoms with Crippen LogP contribution in [0.1, 0.15) is 24.5 Å². The van der Waals surface area contributed by atoms with E-state index in [0.29, 0.717) is 0 Å². The highest BCUT2D eigenvalue weighted by atomic mass is 19.1. The lowest BCUT2D eigenvalue weighted by Gasteiger charge is -2.34. The van der Waals surface area contributed by atoms with Gasteiger partial charge in [0.05, 0.1) is 12.7 Å². The van der Waals surface area contributed by atoms with Crippen LogP contribution in [-0.4, -0.2) is 23.0 Å². The highest BCUT2D eigenvalue weighted by Gasteiger charge is 2.40. The molecule has 1 aromatic heterocycles. The van der Waals surface area contributed by atoms with Crippen molar-refractivity contribution in [2.24, 2.45) is 4.99 Å². The zero-order valence-electron chi connectivity index (χ0n) is 12.5. The second kappa shape index (κ2) is 4.90. The van der Waals surface area contributed by atoms with Gasteiger partial charge >= 0.3 is 0 Å². The van der Waals surface area contributed by atoms with Crippen LogP contribution in [0.4, 0.5) is 4.39 Å². The van der Waals surface area contributed by atoms with E-state index in [1.807, 2.05) is 19.1 Å². The monoisotopic (exact) mass is 296 g/mol. The van der Waals surface area contributed by atoms with E-state index in [1.54, 1.807) is 12.3 Å². The van der Waals surface area contributed by atoms with E-state index in [4.69, 9.17) is 4.74 Å². The Morgan fingerprint density at radius 1 is 1.27 bits per heavy atom. The number of nitrogens with zero attached hydrogens (tertiary/aromatic N) is 2. The summed E-state index contributed by atoms with van der Waals surface area (Å²) in [6, 6.07) is 7.76. The molecule has 0 amide bonds. The fourth-order valence-corrected chi connectivity index (χ4v) is 3.57. The van der Waals surface area contributed by atoms with E-state index in [2.05, 4.69) is 16.0 Å². The lowest BCUT2D eigenvalue weighted by atomic mass is 9.78. The summed E-state index contributed by atoms with van der Waals surface area (Å²) in [6.45, 7) is 2.66. The van der Waals surface area contributed by atoms with Crippen LogP contribution >= 0.6 is 0 Å². The van der Waals surface area contributed by atoms with Crippen LogP contribution in [0, 0.1) is 5.82 Å². The van der Waals surface area contributed by atoms with Crippen molar-refractivity contribution >= 4 is 5.90 Å². The predicted octanol–water partition coefficient (Wildman–Crippen LogP) is 3.56. The summed E-state index contributed by atoms with van der Waals surface area (Å²) < 4.78 is 19.5. The Morgan fingerprint density at radius 3 is 2.95 bits per heavy atom. The van der Waals surface area contributed by atoms with Gasteiger partial charge in [0.2, 0.25) is 0 Å². The fourth-order valence-electron chi connectivity index (χ4n) is 3.57. The first-order valence-electron chi connectivity index (χ1n) is 7.57. The molecule has 2 aliphatic rings. The zero-order chi connectivity index (χ0) is 15.2. The molecule has 2 heterocycles. The minimum absolute atomic E-state index is 0.171. The van der Waals surface area contributed by atoms with Crippen molar-refractivity contribution in [2.45, 2.75) is 31.8 Å². The van der Waals surface area contributed by atoms with Gasteiger partial charge in [-0.15, -0.1) is 0 Å². The third-order valence-electron chi connectivity index (χ3n) is 4.59. The molecule has 1 atom stereocenters. The number of hydrogen-bond acceptors (Lipinski definition) is 3. The van der Waals surface area contributed by atoms with E-state index < -0.39 is 0 Å². The van der Waals surface area contributed by atoms with Gasteiger partial charge < -0.3 is 4.74 Å². The Bertz CT molecular complexity index is 771. The second-order valence-corrected chi connectivity index (χ2v) is 6.13. The number of ether oxygens (including phenoxy) is 1. The summed E-state index contributed by atoms with van der Waals surface area (Å²) in [4.78, 5) is 8.39.